The van der Waals surface area contributed by atoms with Gasteiger partial charge in [0.05, 0.1) is 22.2 Å². The molecular formula is C40H58ClN7O5S. The van der Waals surface area contributed by atoms with E-state index in [9.17, 15) is 24.3 Å². The van der Waals surface area contributed by atoms with Crippen LogP contribution in [-0.2, 0) is 38.7 Å². The number of rotatable bonds is 18. The smallest absolute Gasteiger partial charge is 0.246 e. The highest BCUT2D eigenvalue weighted by molar-refractivity contribution is 7.13. The number of aromatic nitrogens is 1. The molecule has 12 nitrogen and oxygen atoms in total. The van der Waals surface area contributed by atoms with E-state index in [1.165, 1.54) is 10.5 Å². The first kappa shape index (κ1) is 44.5. The van der Waals surface area contributed by atoms with Crippen molar-refractivity contribution in [1.29, 1.82) is 0 Å². The quantitative estimate of drug-likeness (QED) is 0.120. The lowest BCUT2D eigenvalue weighted by Gasteiger charge is -2.35. The van der Waals surface area contributed by atoms with Crippen molar-refractivity contribution in [2.24, 2.45) is 16.9 Å². The number of benzene rings is 2. The number of likely N-dealkylation sites (N-methyl/N-ethyl adjacent to an activating group) is 1. The van der Waals surface area contributed by atoms with E-state index >= 15 is 0 Å². The Morgan fingerprint density at radius 1 is 1.02 bits per heavy atom. The van der Waals surface area contributed by atoms with Crippen molar-refractivity contribution < 1.29 is 24.3 Å². The topological polar surface area (TPSA) is 184 Å². The van der Waals surface area contributed by atoms with Gasteiger partial charge >= 0.3 is 0 Å². The number of unbranched alkanes of at least 4 members (excludes halogenated alkanes) is 1. The number of primary amides is 1. The van der Waals surface area contributed by atoms with E-state index < -0.39 is 23.6 Å². The molecule has 0 bridgehead atoms. The number of aliphatic hydroxyl groups excluding tert-OH is 1. The number of halogens is 1. The minimum absolute atomic E-state index is 0. The molecule has 2 heterocycles. The molecule has 4 rings (SSSR count). The molecule has 0 radical (unpaired) electrons. The molecule has 296 valence electrons. The monoisotopic (exact) mass is 783 g/mol. The minimum Gasteiger partial charge on any atom is -0.391 e. The van der Waals surface area contributed by atoms with Gasteiger partial charge in [-0.05, 0) is 67.3 Å². The number of nitrogens with one attached hydrogen (secondary N) is 2. The summed E-state index contributed by atoms with van der Waals surface area (Å²) in [7, 11) is 2.00. The second-order valence-electron chi connectivity index (χ2n) is 15.4. The van der Waals surface area contributed by atoms with Gasteiger partial charge in [-0.3, -0.25) is 19.2 Å². The number of aryl methyl sites for hydroxylation is 2. The Morgan fingerprint density at radius 3 is 2.28 bits per heavy atom. The molecule has 14 heteroatoms. The predicted octanol–water partition coefficient (Wildman–Crippen LogP) is 4.09. The third kappa shape index (κ3) is 13.5. The van der Waals surface area contributed by atoms with Gasteiger partial charge in [0.15, 0.2) is 0 Å². The molecular weight excluding hydrogens is 726 g/mol. The molecule has 2 aromatic carbocycles. The first-order valence-corrected chi connectivity index (χ1v) is 19.3. The maximum absolute atomic E-state index is 13.9. The average Bonchev–Trinajstić information content (AvgIpc) is 3.72. The molecule has 4 atom stereocenters. The summed E-state index contributed by atoms with van der Waals surface area (Å²) < 4.78 is 0. The number of carbonyl (C=O) groups is 4. The van der Waals surface area contributed by atoms with E-state index in [2.05, 4.69) is 44.8 Å². The summed E-state index contributed by atoms with van der Waals surface area (Å²) in [4.78, 5) is 60.4. The van der Waals surface area contributed by atoms with Gasteiger partial charge in [0, 0.05) is 51.5 Å². The van der Waals surface area contributed by atoms with E-state index in [4.69, 9.17) is 11.5 Å². The number of aliphatic hydroxyl groups is 1. The SMILES string of the molecule is Cc1ncsc1-c1ccc(CNC(=O)[C@@H]2C[C@@H](O)CN2C(=O)[C@@H](NC(=O)CCCCc2ccc(CN(C)C[C@@H](N)CCC(N)=O)cc2)C(C)(C)C)cc1.Cl. The Kier molecular flexibility index (Phi) is 17.1. The Labute approximate surface area is 329 Å². The van der Waals surface area contributed by atoms with Gasteiger partial charge in [0.1, 0.15) is 12.1 Å². The average molecular weight is 784 g/mol. The highest BCUT2D eigenvalue weighted by atomic mass is 35.5. The van der Waals surface area contributed by atoms with Crippen molar-refractivity contribution in [1.82, 2.24) is 25.4 Å². The molecule has 0 saturated carbocycles. The fourth-order valence-corrected chi connectivity index (χ4v) is 7.45. The van der Waals surface area contributed by atoms with Crippen LogP contribution in [0.3, 0.4) is 0 Å². The van der Waals surface area contributed by atoms with Crippen LogP contribution in [0, 0.1) is 12.3 Å². The van der Waals surface area contributed by atoms with E-state index in [1.54, 1.807) is 11.3 Å². The van der Waals surface area contributed by atoms with Gasteiger partial charge in [-0.2, -0.15) is 0 Å². The summed E-state index contributed by atoms with van der Waals surface area (Å²) in [6.07, 6.45) is 2.72. The van der Waals surface area contributed by atoms with Crippen LogP contribution in [0.2, 0.25) is 0 Å². The van der Waals surface area contributed by atoms with Crippen molar-refractivity contribution in [3.8, 4) is 10.4 Å². The molecule has 0 spiro atoms. The Morgan fingerprint density at radius 2 is 1.67 bits per heavy atom. The number of amides is 4. The van der Waals surface area contributed by atoms with Crippen LogP contribution in [0.25, 0.3) is 10.4 Å². The first-order valence-electron chi connectivity index (χ1n) is 18.5. The van der Waals surface area contributed by atoms with Crippen molar-refractivity contribution in [3.05, 3.63) is 76.4 Å². The molecule has 4 amide bonds. The van der Waals surface area contributed by atoms with Crippen LogP contribution in [0.15, 0.2) is 54.0 Å². The molecule has 7 N–H and O–H groups in total. The number of likely N-dealkylation sites (tertiary alicyclic amines) is 1. The summed E-state index contributed by atoms with van der Waals surface area (Å²) in [5.74, 6) is -1.26. The zero-order valence-electron chi connectivity index (χ0n) is 32.2. The summed E-state index contributed by atoms with van der Waals surface area (Å²) in [6, 6.07) is 14.5. The zero-order chi connectivity index (χ0) is 38.7. The number of nitrogens with zero attached hydrogens (tertiary/aromatic N) is 3. The number of nitrogens with two attached hydrogens (primary N) is 2. The first-order chi connectivity index (χ1) is 25.1. The molecule has 54 heavy (non-hydrogen) atoms. The second-order valence-corrected chi connectivity index (χ2v) is 16.3. The van der Waals surface area contributed by atoms with E-state index in [0.29, 0.717) is 19.4 Å². The van der Waals surface area contributed by atoms with Gasteiger partial charge in [-0.25, -0.2) is 4.98 Å². The lowest BCUT2D eigenvalue weighted by atomic mass is 9.85. The Bertz CT molecular complexity index is 1680. The van der Waals surface area contributed by atoms with Crippen LogP contribution >= 0.6 is 23.7 Å². The molecule has 3 aromatic rings. The highest BCUT2D eigenvalue weighted by Gasteiger charge is 2.44. The molecule has 1 saturated heterocycles. The molecule has 1 fully saturated rings. The van der Waals surface area contributed by atoms with E-state index in [-0.39, 0.29) is 74.4 Å². The maximum atomic E-state index is 13.9. The molecule has 1 aliphatic heterocycles. The molecule has 1 aromatic heterocycles. The van der Waals surface area contributed by atoms with Gasteiger partial charge < -0.3 is 37.0 Å². The predicted molar refractivity (Wildman–Crippen MR) is 216 cm³/mol. The van der Waals surface area contributed by atoms with Crippen LogP contribution in [0.1, 0.15) is 81.7 Å². The number of thiazole rings is 1. The molecule has 0 unspecified atom stereocenters. The van der Waals surface area contributed by atoms with Crippen molar-refractivity contribution in [3.63, 3.8) is 0 Å². The number of hydrogen-bond donors (Lipinski definition) is 5. The Balaban J connectivity index is 0.00000784. The fraction of sp³-hybridized carbons (Fsp3) is 0.525. The number of carbonyl (C=O) groups excluding carboxylic acids is 4. The van der Waals surface area contributed by atoms with Gasteiger partial charge in [0.2, 0.25) is 23.6 Å². The van der Waals surface area contributed by atoms with Crippen LogP contribution in [0.4, 0.5) is 0 Å². The lowest BCUT2D eigenvalue weighted by Crippen LogP contribution is -2.57. The summed E-state index contributed by atoms with van der Waals surface area (Å²) in [5.41, 5.74) is 17.8. The Hall–Kier alpha value is -3.88. The summed E-state index contributed by atoms with van der Waals surface area (Å²) in [5, 5.41) is 16.4. The minimum atomic E-state index is -0.860. The maximum Gasteiger partial charge on any atom is 0.246 e. The van der Waals surface area contributed by atoms with E-state index in [0.717, 1.165) is 46.6 Å². The third-order valence-corrected chi connectivity index (χ3v) is 10.6. The molecule has 1 aliphatic rings. The van der Waals surface area contributed by atoms with Gasteiger partial charge in [-0.1, -0.05) is 69.3 Å². The molecule has 0 aliphatic carbocycles. The van der Waals surface area contributed by atoms with Crippen molar-refractivity contribution in [2.45, 2.75) is 110 Å². The number of hydrogen-bond acceptors (Lipinski definition) is 9. The van der Waals surface area contributed by atoms with Crippen molar-refractivity contribution >= 4 is 47.4 Å². The summed E-state index contributed by atoms with van der Waals surface area (Å²) in [6.45, 7) is 9.34. The van der Waals surface area contributed by atoms with Gasteiger partial charge in [0.25, 0.3) is 0 Å². The normalized spacial score (nSPS) is 16.8. The number of β-amino-alcohol motifs (C(OH)–C–C–N with tert-alkyl or cyclic N) is 1. The standard InChI is InChI=1S/C40H57N7O5S.ClH/c1-26-36(53-25-44-26)30-16-14-28(15-17-30)21-43-38(51)33-20-32(48)24-47(33)39(52)37(40(2,3)4)45-35(50)9-7-6-8-27-10-12-29(13-11-27)22-46(5)23-31(41)18-19-34(42)49;/h10-17,25,31-33,37,48H,6-9,18-24,41H2,1-5H3,(H2,42,49)(H,43,51)(H,45,50);1H/t31-,32+,33-,37+;/m0./s1. The third-order valence-electron chi connectivity index (χ3n) is 9.61. The van der Waals surface area contributed by atoms with E-state index in [1.807, 2.05) is 64.5 Å². The lowest BCUT2D eigenvalue weighted by molar-refractivity contribution is -0.144. The van der Waals surface area contributed by atoms with Crippen LogP contribution in [-0.4, -0.2) is 87.9 Å². The van der Waals surface area contributed by atoms with Gasteiger partial charge in [-0.15, -0.1) is 23.7 Å². The second kappa shape index (κ2) is 20.7. The zero-order valence-corrected chi connectivity index (χ0v) is 33.8. The van der Waals surface area contributed by atoms with Crippen LogP contribution < -0.4 is 22.1 Å². The summed E-state index contributed by atoms with van der Waals surface area (Å²) >= 11 is 1.58. The largest absolute Gasteiger partial charge is 0.391 e. The highest BCUT2D eigenvalue weighted by Crippen LogP contribution is 2.28. The van der Waals surface area contributed by atoms with Crippen molar-refractivity contribution in [2.75, 3.05) is 20.1 Å². The van der Waals surface area contributed by atoms with Crippen LogP contribution in [0.5, 0.6) is 0 Å². The fourth-order valence-electron chi connectivity index (χ4n) is 6.63.